The number of hydrogen-bond donors (Lipinski definition) is 1. The molecule has 0 unspecified atom stereocenters. The van der Waals surface area contributed by atoms with Gasteiger partial charge in [0.25, 0.3) is 8.32 Å². The van der Waals surface area contributed by atoms with Crippen molar-refractivity contribution in [1.82, 2.24) is 0 Å². The highest BCUT2D eigenvalue weighted by molar-refractivity contribution is 6.78. The van der Waals surface area contributed by atoms with Crippen LogP contribution in [0.4, 0.5) is 0 Å². The maximum Gasteiger partial charge on any atom is 0.258 e. The minimum absolute atomic E-state index is 0.426. The molecule has 0 heterocycles. The van der Waals surface area contributed by atoms with Crippen LogP contribution < -0.4 is 14.9 Å². The van der Waals surface area contributed by atoms with E-state index in [1.54, 1.807) is 25.3 Å². The molecule has 0 radical (unpaired) electrons. The predicted molar refractivity (Wildman–Crippen MR) is 93.2 cm³/mol. The largest absolute Gasteiger partial charge is 0.540 e. The van der Waals surface area contributed by atoms with Gasteiger partial charge in [-0.15, -0.1) is 0 Å². The number of primary amides is 1. The van der Waals surface area contributed by atoms with Crippen LogP contribution in [0.2, 0.25) is 16.6 Å². The molecule has 1 aromatic carbocycles. The molecule has 0 spiro atoms. The Bertz CT molecular complexity index is 505. The number of ether oxygens (including phenoxy) is 1. The van der Waals surface area contributed by atoms with Crippen LogP contribution in [0.5, 0.6) is 11.5 Å². The van der Waals surface area contributed by atoms with Gasteiger partial charge in [-0.1, -0.05) is 41.5 Å². The van der Waals surface area contributed by atoms with Crippen LogP contribution in [0.1, 0.15) is 51.9 Å². The van der Waals surface area contributed by atoms with E-state index in [1.807, 2.05) is 0 Å². The Morgan fingerprint density at radius 1 is 1.00 bits per heavy atom. The Hall–Kier alpha value is -1.49. The highest BCUT2D eigenvalue weighted by Crippen LogP contribution is 2.44. The van der Waals surface area contributed by atoms with E-state index < -0.39 is 14.2 Å². The summed E-state index contributed by atoms with van der Waals surface area (Å²) in [5.41, 5.74) is 7.16. The van der Waals surface area contributed by atoms with Gasteiger partial charge in [0.15, 0.2) is 5.75 Å². The zero-order valence-corrected chi connectivity index (χ0v) is 15.8. The number of nitrogens with two attached hydrogens (primary N) is 1. The molecule has 0 saturated carbocycles. The topological polar surface area (TPSA) is 61.5 Å². The van der Waals surface area contributed by atoms with Gasteiger partial charge in [-0.3, -0.25) is 4.79 Å². The van der Waals surface area contributed by atoms with Crippen LogP contribution in [0.25, 0.3) is 0 Å². The molecule has 22 heavy (non-hydrogen) atoms. The number of hydrogen-bond acceptors (Lipinski definition) is 3. The summed E-state index contributed by atoms with van der Waals surface area (Å²) < 4.78 is 12.0. The van der Waals surface area contributed by atoms with Crippen molar-refractivity contribution in [3.63, 3.8) is 0 Å². The molecule has 0 bridgehead atoms. The second-order valence-corrected chi connectivity index (χ2v) is 12.0. The molecule has 0 atom stereocenters. The van der Waals surface area contributed by atoms with Gasteiger partial charge in [0.05, 0.1) is 7.11 Å². The molecule has 1 aromatic rings. The smallest absolute Gasteiger partial charge is 0.258 e. The minimum atomic E-state index is -2.06. The predicted octanol–water partition coefficient (Wildman–Crippen LogP) is 4.35. The minimum Gasteiger partial charge on any atom is -0.540 e. The molecule has 124 valence electrons. The molecule has 1 amide bonds. The van der Waals surface area contributed by atoms with Crippen LogP contribution in [-0.4, -0.2) is 21.3 Å². The average Bonchev–Trinajstić information content (AvgIpc) is 2.43. The van der Waals surface area contributed by atoms with Crippen LogP contribution in [0, 0.1) is 0 Å². The highest BCUT2D eigenvalue weighted by atomic mass is 28.4. The van der Waals surface area contributed by atoms with E-state index in [0.717, 1.165) is 0 Å². The number of carbonyl (C=O) groups is 1. The summed E-state index contributed by atoms with van der Waals surface area (Å²) in [6.45, 7) is 13.4. The summed E-state index contributed by atoms with van der Waals surface area (Å²) in [4.78, 5) is 11.3. The second kappa shape index (κ2) is 7.18. The van der Waals surface area contributed by atoms with Crippen LogP contribution in [0.15, 0.2) is 18.2 Å². The van der Waals surface area contributed by atoms with Gasteiger partial charge in [0, 0.05) is 5.56 Å². The van der Waals surface area contributed by atoms with E-state index >= 15 is 0 Å². The quantitative estimate of drug-likeness (QED) is 0.759. The first-order valence-electron chi connectivity index (χ1n) is 7.83. The van der Waals surface area contributed by atoms with Crippen LogP contribution >= 0.6 is 0 Å². The van der Waals surface area contributed by atoms with Crippen molar-refractivity contribution in [1.29, 1.82) is 0 Å². The lowest BCUT2D eigenvalue weighted by Crippen LogP contribution is -2.50. The summed E-state index contributed by atoms with van der Waals surface area (Å²) in [7, 11) is -0.477. The third-order valence-corrected chi connectivity index (χ3v) is 10.4. The maximum atomic E-state index is 11.3. The fraction of sp³-hybridized carbons (Fsp3) is 0.588. The third kappa shape index (κ3) is 3.46. The number of rotatable bonds is 7. The van der Waals surface area contributed by atoms with Gasteiger partial charge >= 0.3 is 0 Å². The number of benzene rings is 1. The van der Waals surface area contributed by atoms with Crippen molar-refractivity contribution in [2.75, 3.05) is 7.11 Å². The third-order valence-electron chi connectivity index (χ3n) is 4.44. The summed E-state index contributed by atoms with van der Waals surface area (Å²) in [6.07, 6.45) is 0. The number of carbonyl (C=O) groups excluding carboxylic acids is 1. The molecule has 0 saturated heterocycles. The van der Waals surface area contributed by atoms with Crippen molar-refractivity contribution in [2.24, 2.45) is 5.73 Å². The first-order chi connectivity index (χ1) is 10.2. The van der Waals surface area contributed by atoms with Gasteiger partial charge < -0.3 is 14.9 Å². The van der Waals surface area contributed by atoms with Crippen molar-refractivity contribution in [3.8, 4) is 11.5 Å². The van der Waals surface area contributed by atoms with Crippen LogP contribution in [-0.2, 0) is 0 Å². The fourth-order valence-corrected chi connectivity index (χ4v) is 8.71. The molecule has 1 rings (SSSR count). The maximum absolute atomic E-state index is 11.3. The number of amides is 1. The molecule has 2 N–H and O–H groups in total. The molecule has 0 fully saturated rings. The lowest BCUT2D eigenvalue weighted by atomic mass is 10.2. The molecular weight excluding hydrogens is 294 g/mol. The Morgan fingerprint density at radius 2 is 1.50 bits per heavy atom. The molecular formula is C17H29NO3Si. The normalized spacial score (nSPS) is 12.1. The van der Waals surface area contributed by atoms with E-state index in [1.165, 1.54) is 0 Å². The first-order valence-corrected chi connectivity index (χ1v) is 9.97. The molecule has 0 aliphatic heterocycles. The standard InChI is InChI=1S/C17H29NO3Si/c1-11(2)22(12(3)4,13(5)6)21-15-9-8-14(17(18)19)10-16(15)20-7/h8-13H,1-7H3,(H2,18,19). The molecule has 0 aromatic heterocycles. The van der Waals surface area contributed by atoms with Crippen LogP contribution in [0.3, 0.4) is 0 Å². The zero-order valence-electron chi connectivity index (χ0n) is 14.8. The van der Waals surface area contributed by atoms with Crippen molar-refractivity contribution in [3.05, 3.63) is 23.8 Å². The summed E-state index contributed by atoms with van der Waals surface area (Å²) in [5.74, 6) is 0.801. The molecule has 5 heteroatoms. The number of methoxy groups -OCH3 is 1. The lowest BCUT2D eigenvalue weighted by molar-refractivity contribution is 0.1000. The monoisotopic (exact) mass is 323 g/mol. The Balaban J connectivity index is 3.32. The molecule has 0 aliphatic carbocycles. The summed E-state index contributed by atoms with van der Waals surface area (Å²) in [6, 6.07) is 5.14. The van der Waals surface area contributed by atoms with Gasteiger partial charge in [-0.2, -0.15) is 0 Å². The van der Waals surface area contributed by atoms with E-state index in [9.17, 15) is 4.79 Å². The average molecular weight is 324 g/mol. The fourth-order valence-electron chi connectivity index (χ4n) is 3.45. The van der Waals surface area contributed by atoms with Gasteiger partial charge in [-0.25, -0.2) is 0 Å². The van der Waals surface area contributed by atoms with Gasteiger partial charge in [0.1, 0.15) is 5.75 Å². The highest BCUT2D eigenvalue weighted by Gasteiger charge is 2.47. The Labute approximate surface area is 135 Å². The Morgan fingerprint density at radius 3 is 1.86 bits per heavy atom. The SMILES string of the molecule is COc1cc(C(N)=O)ccc1O[Si](C(C)C)(C(C)C)C(C)C. The van der Waals surface area contributed by atoms with E-state index in [0.29, 0.717) is 33.7 Å². The summed E-state index contributed by atoms with van der Waals surface area (Å²) >= 11 is 0. The van der Waals surface area contributed by atoms with Crippen molar-refractivity contribution < 1.29 is 14.0 Å². The van der Waals surface area contributed by atoms with E-state index in [4.69, 9.17) is 14.9 Å². The van der Waals surface area contributed by atoms with Crippen molar-refractivity contribution in [2.45, 2.75) is 58.2 Å². The lowest BCUT2D eigenvalue weighted by Gasteiger charge is -2.42. The Kier molecular flexibility index (Phi) is 6.05. The zero-order chi connectivity index (χ0) is 17.1. The van der Waals surface area contributed by atoms with E-state index in [2.05, 4.69) is 41.5 Å². The van der Waals surface area contributed by atoms with E-state index in [-0.39, 0.29) is 0 Å². The summed E-state index contributed by atoms with van der Waals surface area (Å²) in [5, 5.41) is 0. The first kappa shape index (κ1) is 18.6. The molecule has 0 aliphatic rings. The van der Waals surface area contributed by atoms with Gasteiger partial charge in [0.2, 0.25) is 5.91 Å². The molecule has 4 nitrogen and oxygen atoms in total. The van der Waals surface area contributed by atoms with Gasteiger partial charge in [-0.05, 0) is 34.8 Å². The van der Waals surface area contributed by atoms with Crippen molar-refractivity contribution >= 4 is 14.2 Å². The second-order valence-electron chi connectivity index (χ2n) is 6.65.